The molecule has 0 saturated heterocycles. The highest BCUT2D eigenvalue weighted by Gasteiger charge is 2.17. The summed E-state index contributed by atoms with van der Waals surface area (Å²) in [4.78, 5) is 14.1. The SMILES string of the molecule is Cc1nn(-c2ccccc2)c(C)c1CN(C)C(=O)Nc1ccc(C#N)cc1. The van der Waals surface area contributed by atoms with Crippen LogP contribution >= 0.6 is 0 Å². The third-order valence-corrected chi connectivity index (χ3v) is 4.45. The fraction of sp³-hybridized carbons (Fsp3) is 0.190. The predicted octanol–water partition coefficient (Wildman–Crippen LogP) is 4.02. The van der Waals surface area contributed by atoms with Crippen LogP contribution < -0.4 is 5.32 Å². The number of carbonyl (C=O) groups is 1. The van der Waals surface area contributed by atoms with E-state index in [4.69, 9.17) is 5.26 Å². The van der Waals surface area contributed by atoms with E-state index in [2.05, 4.69) is 16.5 Å². The Kier molecular flexibility index (Phi) is 5.23. The minimum absolute atomic E-state index is 0.217. The van der Waals surface area contributed by atoms with Crippen molar-refractivity contribution in [1.29, 1.82) is 5.26 Å². The van der Waals surface area contributed by atoms with Crippen molar-refractivity contribution in [3.8, 4) is 11.8 Å². The molecule has 0 fully saturated rings. The number of aromatic nitrogens is 2. The van der Waals surface area contributed by atoms with Crippen LogP contribution in [0.1, 0.15) is 22.5 Å². The van der Waals surface area contributed by atoms with Gasteiger partial charge in [-0.3, -0.25) is 0 Å². The summed E-state index contributed by atoms with van der Waals surface area (Å²) in [5.74, 6) is 0. The van der Waals surface area contributed by atoms with Crippen LogP contribution in [0.4, 0.5) is 10.5 Å². The summed E-state index contributed by atoms with van der Waals surface area (Å²) in [5.41, 5.74) is 5.14. The molecule has 1 N–H and O–H groups in total. The van der Waals surface area contributed by atoms with Crippen LogP contribution in [-0.2, 0) is 6.54 Å². The van der Waals surface area contributed by atoms with Gasteiger partial charge < -0.3 is 10.2 Å². The molecule has 3 aromatic rings. The van der Waals surface area contributed by atoms with Gasteiger partial charge in [0, 0.05) is 24.0 Å². The molecular weight excluding hydrogens is 338 g/mol. The minimum Gasteiger partial charge on any atom is -0.323 e. The Balaban J connectivity index is 1.73. The number of rotatable bonds is 4. The van der Waals surface area contributed by atoms with Crippen molar-refractivity contribution >= 4 is 11.7 Å². The van der Waals surface area contributed by atoms with Gasteiger partial charge in [-0.05, 0) is 50.2 Å². The number of nitrogens with one attached hydrogen (secondary N) is 1. The molecule has 2 amide bonds. The van der Waals surface area contributed by atoms with Gasteiger partial charge in [0.15, 0.2) is 0 Å². The summed E-state index contributed by atoms with van der Waals surface area (Å²) in [5, 5.41) is 16.3. The Labute approximate surface area is 158 Å². The zero-order chi connectivity index (χ0) is 19.4. The smallest absolute Gasteiger partial charge is 0.321 e. The lowest BCUT2D eigenvalue weighted by Gasteiger charge is -2.18. The van der Waals surface area contributed by atoms with Gasteiger partial charge in [-0.25, -0.2) is 9.48 Å². The van der Waals surface area contributed by atoms with Crippen LogP contribution in [0.2, 0.25) is 0 Å². The summed E-state index contributed by atoms with van der Waals surface area (Å²) >= 11 is 0. The fourth-order valence-corrected chi connectivity index (χ4v) is 2.88. The molecule has 0 aliphatic carbocycles. The van der Waals surface area contributed by atoms with Crippen molar-refractivity contribution in [2.45, 2.75) is 20.4 Å². The molecule has 0 radical (unpaired) electrons. The number of nitriles is 1. The average Bonchev–Trinajstić information content (AvgIpc) is 2.97. The number of anilines is 1. The number of amides is 2. The third kappa shape index (κ3) is 3.98. The van der Waals surface area contributed by atoms with Crippen molar-refractivity contribution in [2.24, 2.45) is 0 Å². The molecule has 0 bridgehead atoms. The first-order valence-electron chi connectivity index (χ1n) is 8.62. The van der Waals surface area contributed by atoms with Gasteiger partial charge in [-0.15, -0.1) is 0 Å². The Morgan fingerprint density at radius 1 is 1.15 bits per heavy atom. The summed E-state index contributed by atoms with van der Waals surface area (Å²) in [7, 11) is 1.75. The molecule has 0 atom stereocenters. The van der Waals surface area contributed by atoms with Crippen LogP contribution in [-0.4, -0.2) is 27.8 Å². The van der Waals surface area contributed by atoms with E-state index in [-0.39, 0.29) is 6.03 Å². The molecule has 0 saturated carbocycles. The van der Waals surface area contributed by atoms with Crippen LogP contribution in [0.5, 0.6) is 0 Å². The molecule has 3 rings (SSSR count). The van der Waals surface area contributed by atoms with E-state index in [9.17, 15) is 4.79 Å². The second kappa shape index (κ2) is 7.75. The van der Waals surface area contributed by atoms with Crippen LogP contribution in [0.25, 0.3) is 5.69 Å². The molecule has 0 aliphatic heterocycles. The zero-order valence-electron chi connectivity index (χ0n) is 15.6. The number of nitrogens with zero attached hydrogens (tertiary/aromatic N) is 4. The predicted molar refractivity (Wildman–Crippen MR) is 105 cm³/mol. The molecule has 136 valence electrons. The molecule has 6 nitrogen and oxygen atoms in total. The van der Waals surface area contributed by atoms with Gasteiger partial charge in [0.25, 0.3) is 0 Å². The average molecular weight is 359 g/mol. The normalized spacial score (nSPS) is 10.3. The molecule has 1 aromatic heterocycles. The van der Waals surface area contributed by atoms with Crippen molar-refractivity contribution in [2.75, 3.05) is 12.4 Å². The zero-order valence-corrected chi connectivity index (χ0v) is 15.6. The van der Waals surface area contributed by atoms with Gasteiger partial charge in [0.05, 0.1) is 29.6 Å². The number of hydrogen-bond acceptors (Lipinski definition) is 3. The lowest BCUT2D eigenvalue weighted by molar-refractivity contribution is 0.220. The summed E-state index contributed by atoms with van der Waals surface area (Å²) in [6.07, 6.45) is 0. The van der Waals surface area contributed by atoms with E-state index in [1.807, 2.05) is 48.9 Å². The molecule has 0 spiro atoms. The van der Waals surface area contributed by atoms with E-state index < -0.39 is 0 Å². The van der Waals surface area contributed by atoms with Gasteiger partial charge in [0.2, 0.25) is 0 Å². The number of benzene rings is 2. The summed E-state index contributed by atoms with van der Waals surface area (Å²) in [6.45, 7) is 4.41. The van der Waals surface area contributed by atoms with E-state index in [0.717, 1.165) is 22.6 Å². The monoisotopic (exact) mass is 359 g/mol. The largest absolute Gasteiger partial charge is 0.323 e. The Hall–Kier alpha value is -3.59. The number of para-hydroxylation sites is 1. The maximum absolute atomic E-state index is 12.5. The van der Waals surface area contributed by atoms with Crippen molar-refractivity contribution in [3.05, 3.63) is 77.1 Å². The van der Waals surface area contributed by atoms with E-state index >= 15 is 0 Å². The van der Waals surface area contributed by atoms with Crippen LogP contribution in [0.3, 0.4) is 0 Å². The van der Waals surface area contributed by atoms with Crippen LogP contribution in [0.15, 0.2) is 54.6 Å². The Bertz CT molecular complexity index is 984. The Morgan fingerprint density at radius 2 is 1.81 bits per heavy atom. The first-order chi connectivity index (χ1) is 13.0. The molecule has 27 heavy (non-hydrogen) atoms. The van der Waals surface area contributed by atoms with Gasteiger partial charge in [-0.2, -0.15) is 10.4 Å². The fourth-order valence-electron chi connectivity index (χ4n) is 2.88. The van der Waals surface area contributed by atoms with Crippen molar-refractivity contribution in [1.82, 2.24) is 14.7 Å². The highest BCUT2D eigenvalue weighted by Crippen LogP contribution is 2.19. The molecule has 6 heteroatoms. The minimum atomic E-state index is -0.217. The number of urea groups is 1. The standard InChI is InChI=1S/C21H21N5O/c1-15-20(16(2)26(24-15)19-7-5-4-6-8-19)14-25(3)21(27)23-18-11-9-17(13-22)10-12-18/h4-12H,14H2,1-3H3,(H,23,27). The molecule has 2 aromatic carbocycles. The quantitative estimate of drug-likeness (QED) is 0.764. The highest BCUT2D eigenvalue weighted by molar-refractivity contribution is 5.89. The summed E-state index contributed by atoms with van der Waals surface area (Å²) < 4.78 is 1.90. The highest BCUT2D eigenvalue weighted by atomic mass is 16.2. The van der Waals surface area contributed by atoms with Gasteiger partial charge in [-0.1, -0.05) is 18.2 Å². The maximum Gasteiger partial charge on any atom is 0.321 e. The maximum atomic E-state index is 12.5. The second-order valence-corrected chi connectivity index (χ2v) is 6.37. The van der Waals surface area contributed by atoms with Crippen molar-refractivity contribution < 1.29 is 4.79 Å². The third-order valence-electron chi connectivity index (χ3n) is 4.45. The molecular formula is C21H21N5O. The second-order valence-electron chi connectivity index (χ2n) is 6.37. The molecule has 1 heterocycles. The Morgan fingerprint density at radius 3 is 2.44 bits per heavy atom. The lowest BCUT2D eigenvalue weighted by atomic mass is 10.2. The first kappa shape index (κ1) is 18.2. The molecule has 0 aliphatic rings. The number of hydrogen-bond donors (Lipinski definition) is 1. The van der Waals surface area contributed by atoms with Gasteiger partial charge in [0.1, 0.15) is 0 Å². The first-order valence-corrected chi connectivity index (χ1v) is 8.62. The lowest BCUT2D eigenvalue weighted by Crippen LogP contribution is -2.31. The number of carbonyl (C=O) groups excluding carboxylic acids is 1. The van der Waals surface area contributed by atoms with E-state index in [0.29, 0.717) is 17.8 Å². The van der Waals surface area contributed by atoms with Gasteiger partial charge >= 0.3 is 6.03 Å². The van der Waals surface area contributed by atoms with E-state index in [1.54, 1.807) is 36.2 Å². The summed E-state index contributed by atoms with van der Waals surface area (Å²) in [6, 6.07) is 18.6. The topological polar surface area (TPSA) is 74.0 Å². The van der Waals surface area contributed by atoms with Crippen molar-refractivity contribution in [3.63, 3.8) is 0 Å². The van der Waals surface area contributed by atoms with E-state index in [1.165, 1.54) is 0 Å². The number of aryl methyl sites for hydroxylation is 1. The molecule has 0 unspecified atom stereocenters. The van der Waals surface area contributed by atoms with Crippen LogP contribution in [0, 0.1) is 25.2 Å².